The number of halogens is 1. The number of ether oxygens (including phenoxy) is 1. The van der Waals surface area contributed by atoms with Crippen molar-refractivity contribution in [3.63, 3.8) is 0 Å². The van der Waals surface area contributed by atoms with Crippen LogP contribution in [0.1, 0.15) is 11.1 Å². The summed E-state index contributed by atoms with van der Waals surface area (Å²) in [6.07, 6.45) is -0.601. The number of carboxylic acid groups (broad SMARTS) is 1. The fourth-order valence-corrected chi connectivity index (χ4v) is 1.98. The van der Waals surface area contributed by atoms with Gasteiger partial charge in [-0.15, -0.1) is 0 Å². The second-order valence-corrected chi connectivity index (χ2v) is 4.95. The molecule has 0 aliphatic heterocycles. The Morgan fingerprint density at radius 3 is 2.55 bits per heavy atom. The van der Waals surface area contributed by atoms with Crippen molar-refractivity contribution in [3.05, 3.63) is 64.7 Å². The molecule has 1 N–H and O–H groups in total. The summed E-state index contributed by atoms with van der Waals surface area (Å²) < 4.78 is 5.56. The maximum Gasteiger partial charge on any atom is 0.345 e. The van der Waals surface area contributed by atoms with Crippen LogP contribution in [-0.2, 0) is 11.2 Å². The SMILES string of the molecule is Cc1cc(O[C@@H](Cc2ccccc2)C(=O)O)ccc1Cl. The highest BCUT2D eigenvalue weighted by atomic mass is 35.5. The zero-order valence-electron chi connectivity index (χ0n) is 11.0. The molecule has 0 unspecified atom stereocenters. The maximum absolute atomic E-state index is 11.3. The zero-order valence-corrected chi connectivity index (χ0v) is 11.8. The molecule has 1 atom stereocenters. The summed E-state index contributed by atoms with van der Waals surface area (Å²) in [7, 11) is 0. The number of carboxylic acids is 1. The molecular formula is C16H15ClO3. The van der Waals surface area contributed by atoms with Crippen LogP contribution in [0.4, 0.5) is 0 Å². The first-order valence-electron chi connectivity index (χ1n) is 6.26. The van der Waals surface area contributed by atoms with Crippen molar-refractivity contribution in [3.8, 4) is 5.75 Å². The molecule has 2 aromatic rings. The monoisotopic (exact) mass is 290 g/mol. The largest absolute Gasteiger partial charge is 0.478 e. The van der Waals surface area contributed by atoms with Crippen molar-refractivity contribution in [1.29, 1.82) is 0 Å². The molecule has 4 heteroatoms. The third-order valence-corrected chi connectivity index (χ3v) is 3.37. The lowest BCUT2D eigenvalue weighted by atomic mass is 10.1. The molecule has 0 aliphatic carbocycles. The molecule has 104 valence electrons. The molecule has 0 aromatic heterocycles. The third-order valence-electron chi connectivity index (χ3n) is 2.95. The Labute approximate surface area is 122 Å². The van der Waals surface area contributed by atoms with Crippen LogP contribution >= 0.6 is 11.6 Å². The number of benzene rings is 2. The summed E-state index contributed by atoms with van der Waals surface area (Å²) >= 11 is 5.94. The molecule has 0 heterocycles. The van der Waals surface area contributed by atoms with Crippen LogP contribution in [0.25, 0.3) is 0 Å². The van der Waals surface area contributed by atoms with Gasteiger partial charge in [-0.2, -0.15) is 0 Å². The van der Waals surface area contributed by atoms with Gasteiger partial charge in [0.2, 0.25) is 0 Å². The van der Waals surface area contributed by atoms with Crippen LogP contribution in [0.5, 0.6) is 5.75 Å². The van der Waals surface area contributed by atoms with Crippen molar-refractivity contribution in [2.24, 2.45) is 0 Å². The molecule has 0 saturated carbocycles. The van der Waals surface area contributed by atoms with E-state index >= 15 is 0 Å². The van der Waals surface area contributed by atoms with E-state index in [0.29, 0.717) is 17.2 Å². The summed E-state index contributed by atoms with van der Waals surface area (Å²) in [5.74, 6) is -0.475. The van der Waals surface area contributed by atoms with Gasteiger partial charge in [0.1, 0.15) is 5.75 Å². The molecule has 20 heavy (non-hydrogen) atoms. The van der Waals surface area contributed by atoms with Crippen molar-refractivity contribution >= 4 is 17.6 Å². The third kappa shape index (κ3) is 3.75. The van der Waals surface area contributed by atoms with Crippen LogP contribution in [0.15, 0.2) is 48.5 Å². The van der Waals surface area contributed by atoms with Crippen molar-refractivity contribution in [1.82, 2.24) is 0 Å². The molecule has 0 radical (unpaired) electrons. The van der Waals surface area contributed by atoms with E-state index in [4.69, 9.17) is 16.3 Å². The van der Waals surface area contributed by atoms with E-state index in [9.17, 15) is 9.90 Å². The molecule has 0 spiro atoms. The minimum Gasteiger partial charge on any atom is -0.478 e. The lowest BCUT2D eigenvalue weighted by molar-refractivity contribution is -0.145. The van der Waals surface area contributed by atoms with E-state index in [2.05, 4.69) is 0 Å². The van der Waals surface area contributed by atoms with Gasteiger partial charge in [-0.25, -0.2) is 4.79 Å². The Kier molecular flexibility index (Phi) is 4.64. The van der Waals surface area contributed by atoms with Crippen molar-refractivity contribution in [2.75, 3.05) is 0 Å². The maximum atomic E-state index is 11.3. The van der Waals surface area contributed by atoms with E-state index in [0.717, 1.165) is 11.1 Å². The Morgan fingerprint density at radius 1 is 1.25 bits per heavy atom. The van der Waals surface area contributed by atoms with E-state index in [1.165, 1.54) is 0 Å². The first-order chi connectivity index (χ1) is 9.56. The van der Waals surface area contributed by atoms with Gasteiger partial charge < -0.3 is 9.84 Å². The summed E-state index contributed by atoms with van der Waals surface area (Å²) in [4.78, 5) is 11.3. The first-order valence-corrected chi connectivity index (χ1v) is 6.63. The molecule has 0 fully saturated rings. The topological polar surface area (TPSA) is 46.5 Å². The summed E-state index contributed by atoms with van der Waals surface area (Å²) in [6.45, 7) is 1.85. The van der Waals surface area contributed by atoms with Gasteiger partial charge in [0.15, 0.2) is 6.10 Å². The van der Waals surface area contributed by atoms with Crippen LogP contribution in [-0.4, -0.2) is 17.2 Å². The van der Waals surface area contributed by atoms with Gasteiger partial charge in [0.05, 0.1) is 0 Å². The van der Waals surface area contributed by atoms with Crippen LogP contribution in [0.3, 0.4) is 0 Å². The van der Waals surface area contributed by atoms with Gasteiger partial charge in [0.25, 0.3) is 0 Å². The molecule has 0 aliphatic rings. The summed E-state index contributed by atoms with van der Waals surface area (Å²) in [5.41, 5.74) is 1.78. The molecule has 0 amide bonds. The zero-order chi connectivity index (χ0) is 14.5. The fourth-order valence-electron chi connectivity index (χ4n) is 1.86. The van der Waals surface area contributed by atoms with E-state index in [-0.39, 0.29) is 0 Å². The Hall–Kier alpha value is -2.00. The summed E-state index contributed by atoms with van der Waals surface area (Å²) in [5, 5.41) is 9.90. The smallest absolute Gasteiger partial charge is 0.345 e. The van der Waals surface area contributed by atoms with Gasteiger partial charge in [-0.1, -0.05) is 41.9 Å². The lowest BCUT2D eigenvalue weighted by Crippen LogP contribution is -2.29. The fraction of sp³-hybridized carbons (Fsp3) is 0.188. The van der Waals surface area contributed by atoms with Gasteiger partial charge >= 0.3 is 5.97 Å². The second kappa shape index (κ2) is 6.44. The van der Waals surface area contributed by atoms with Crippen LogP contribution in [0.2, 0.25) is 5.02 Å². The Bertz CT molecular complexity index is 596. The summed E-state index contributed by atoms with van der Waals surface area (Å²) in [6, 6.07) is 14.5. The molecule has 2 aromatic carbocycles. The average molecular weight is 291 g/mol. The Morgan fingerprint density at radius 2 is 1.95 bits per heavy atom. The van der Waals surface area contributed by atoms with Gasteiger partial charge in [-0.05, 0) is 36.2 Å². The quantitative estimate of drug-likeness (QED) is 0.913. The molecular weight excluding hydrogens is 276 g/mol. The highest BCUT2D eigenvalue weighted by Crippen LogP contribution is 2.22. The van der Waals surface area contributed by atoms with Crippen molar-refractivity contribution in [2.45, 2.75) is 19.4 Å². The van der Waals surface area contributed by atoms with E-state index < -0.39 is 12.1 Å². The first kappa shape index (κ1) is 14.4. The predicted octanol–water partition coefficient (Wildman–Crippen LogP) is 3.72. The van der Waals surface area contributed by atoms with Gasteiger partial charge in [0, 0.05) is 11.4 Å². The highest BCUT2D eigenvalue weighted by molar-refractivity contribution is 6.31. The predicted molar refractivity (Wildman–Crippen MR) is 78.4 cm³/mol. The second-order valence-electron chi connectivity index (χ2n) is 4.55. The average Bonchev–Trinajstić information content (AvgIpc) is 2.43. The number of hydrogen-bond donors (Lipinski definition) is 1. The number of rotatable bonds is 5. The number of aliphatic carboxylic acids is 1. The van der Waals surface area contributed by atoms with Crippen LogP contribution in [0, 0.1) is 6.92 Å². The van der Waals surface area contributed by atoms with Crippen molar-refractivity contribution < 1.29 is 14.6 Å². The van der Waals surface area contributed by atoms with Gasteiger partial charge in [-0.3, -0.25) is 0 Å². The minimum absolute atomic E-state index is 0.317. The molecule has 0 saturated heterocycles. The Balaban J connectivity index is 2.13. The molecule has 3 nitrogen and oxygen atoms in total. The standard InChI is InChI=1S/C16H15ClO3/c1-11-9-13(7-8-14(11)17)20-15(16(18)19)10-12-5-3-2-4-6-12/h2-9,15H,10H2,1H3,(H,18,19)/t15-/m0/s1. The molecule has 2 rings (SSSR count). The minimum atomic E-state index is -0.985. The number of hydrogen-bond acceptors (Lipinski definition) is 2. The molecule has 0 bridgehead atoms. The van der Waals surface area contributed by atoms with E-state index in [1.807, 2.05) is 37.3 Å². The van der Waals surface area contributed by atoms with E-state index in [1.54, 1.807) is 18.2 Å². The number of carbonyl (C=O) groups is 1. The van der Waals surface area contributed by atoms with Crippen LogP contribution < -0.4 is 4.74 Å². The normalized spacial score (nSPS) is 11.9. The lowest BCUT2D eigenvalue weighted by Gasteiger charge is -2.16. The number of aryl methyl sites for hydroxylation is 1. The highest BCUT2D eigenvalue weighted by Gasteiger charge is 2.20.